The average Bonchev–Trinajstić information content (AvgIpc) is 2.37. The van der Waals surface area contributed by atoms with Crippen LogP contribution >= 0.6 is 0 Å². The molecule has 1 saturated carbocycles. The minimum atomic E-state index is 0.261. The molecule has 0 saturated heterocycles. The van der Waals surface area contributed by atoms with Crippen molar-refractivity contribution in [2.24, 2.45) is 5.73 Å². The number of hydrogen-bond acceptors (Lipinski definition) is 2. The largest absolute Gasteiger partial charge is 0.329 e. The first-order valence-corrected chi connectivity index (χ1v) is 7.20. The molecule has 0 aromatic rings. The van der Waals surface area contributed by atoms with Crippen molar-refractivity contribution in [2.75, 3.05) is 13.1 Å². The number of rotatable bonds is 6. The van der Waals surface area contributed by atoms with Crippen molar-refractivity contribution in [3.63, 3.8) is 0 Å². The van der Waals surface area contributed by atoms with Crippen molar-refractivity contribution in [2.45, 2.75) is 77.3 Å². The Morgan fingerprint density at radius 1 is 1.06 bits per heavy atom. The quantitative estimate of drug-likeness (QED) is 0.754. The van der Waals surface area contributed by atoms with E-state index >= 15 is 0 Å². The van der Waals surface area contributed by atoms with Gasteiger partial charge in [-0.1, -0.05) is 40.0 Å². The zero-order valence-electron chi connectivity index (χ0n) is 11.5. The molecule has 0 aromatic heterocycles. The molecule has 1 fully saturated rings. The second-order valence-electron chi connectivity index (χ2n) is 5.21. The summed E-state index contributed by atoms with van der Waals surface area (Å²) in [5.74, 6) is 0. The van der Waals surface area contributed by atoms with Crippen LogP contribution < -0.4 is 5.73 Å². The molecule has 1 rings (SSSR count). The van der Waals surface area contributed by atoms with Crippen LogP contribution in [0.2, 0.25) is 0 Å². The van der Waals surface area contributed by atoms with Gasteiger partial charge in [0.05, 0.1) is 0 Å². The molecule has 0 radical (unpaired) electrons. The molecular formula is C14H30N2. The van der Waals surface area contributed by atoms with Crippen molar-refractivity contribution < 1.29 is 0 Å². The molecular weight excluding hydrogens is 196 g/mol. The summed E-state index contributed by atoms with van der Waals surface area (Å²) in [4.78, 5) is 2.71. The molecule has 1 aliphatic rings. The Balaban J connectivity index is 2.76. The highest BCUT2D eigenvalue weighted by Gasteiger charge is 2.35. The minimum Gasteiger partial charge on any atom is -0.329 e. The predicted octanol–water partition coefficient (Wildman–Crippen LogP) is 3.16. The lowest BCUT2D eigenvalue weighted by Crippen LogP contribution is -2.57. The molecule has 2 nitrogen and oxygen atoms in total. The Morgan fingerprint density at radius 2 is 1.62 bits per heavy atom. The molecule has 0 bridgehead atoms. The van der Waals surface area contributed by atoms with Gasteiger partial charge in [-0.2, -0.15) is 0 Å². The molecule has 0 amide bonds. The van der Waals surface area contributed by atoms with E-state index in [9.17, 15) is 0 Å². The summed E-state index contributed by atoms with van der Waals surface area (Å²) in [7, 11) is 0. The van der Waals surface area contributed by atoms with E-state index in [1.807, 2.05) is 0 Å². The van der Waals surface area contributed by atoms with Crippen molar-refractivity contribution in [3.05, 3.63) is 0 Å². The van der Waals surface area contributed by atoms with Gasteiger partial charge < -0.3 is 5.73 Å². The number of nitrogens with zero attached hydrogens (tertiary/aromatic N) is 1. The van der Waals surface area contributed by atoms with Gasteiger partial charge in [0, 0.05) is 18.1 Å². The zero-order valence-corrected chi connectivity index (χ0v) is 11.5. The van der Waals surface area contributed by atoms with Crippen molar-refractivity contribution >= 4 is 0 Å². The fourth-order valence-corrected chi connectivity index (χ4v) is 3.44. The molecule has 16 heavy (non-hydrogen) atoms. The average molecular weight is 226 g/mol. The molecule has 0 spiro atoms. The van der Waals surface area contributed by atoms with Gasteiger partial charge in [-0.05, 0) is 32.2 Å². The lowest BCUT2D eigenvalue weighted by atomic mass is 9.85. The first-order chi connectivity index (χ1) is 7.74. The topological polar surface area (TPSA) is 29.3 Å². The SMILES string of the molecule is CCN(C1CCCCC1)C(CC)(CC)CN. The Kier molecular flexibility index (Phi) is 5.77. The molecule has 0 aromatic carbocycles. The Morgan fingerprint density at radius 3 is 2.00 bits per heavy atom. The summed E-state index contributed by atoms with van der Waals surface area (Å²) in [6.07, 6.45) is 9.40. The van der Waals surface area contributed by atoms with Gasteiger partial charge in [-0.15, -0.1) is 0 Å². The summed E-state index contributed by atoms with van der Waals surface area (Å²) in [6, 6.07) is 0.794. The maximum atomic E-state index is 6.07. The van der Waals surface area contributed by atoms with Crippen molar-refractivity contribution in [1.29, 1.82) is 0 Å². The van der Waals surface area contributed by atoms with Crippen molar-refractivity contribution in [3.8, 4) is 0 Å². The van der Waals surface area contributed by atoms with Gasteiger partial charge in [0.25, 0.3) is 0 Å². The van der Waals surface area contributed by atoms with E-state index in [1.54, 1.807) is 0 Å². The molecule has 0 aliphatic heterocycles. The molecule has 0 heterocycles. The van der Waals surface area contributed by atoms with E-state index in [1.165, 1.54) is 44.9 Å². The van der Waals surface area contributed by atoms with Gasteiger partial charge in [0.15, 0.2) is 0 Å². The normalized spacial score (nSPS) is 19.3. The molecule has 0 atom stereocenters. The van der Waals surface area contributed by atoms with E-state index in [-0.39, 0.29) is 5.54 Å². The Bertz CT molecular complexity index is 173. The van der Waals surface area contributed by atoms with E-state index < -0.39 is 0 Å². The second-order valence-corrected chi connectivity index (χ2v) is 5.21. The van der Waals surface area contributed by atoms with Crippen LogP contribution in [0.4, 0.5) is 0 Å². The standard InChI is InChI=1S/C14H30N2/c1-4-14(5-2,12-15)16(6-3)13-10-8-7-9-11-13/h13H,4-12,15H2,1-3H3. The smallest absolute Gasteiger partial charge is 0.0329 e. The summed E-state index contributed by atoms with van der Waals surface area (Å²) in [5.41, 5.74) is 6.33. The fourth-order valence-electron chi connectivity index (χ4n) is 3.44. The predicted molar refractivity (Wildman–Crippen MR) is 71.6 cm³/mol. The lowest BCUT2D eigenvalue weighted by Gasteiger charge is -2.47. The minimum absolute atomic E-state index is 0.261. The molecule has 2 heteroatoms. The van der Waals surface area contributed by atoms with Crippen LogP contribution in [0.15, 0.2) is 0 Å². The third kappa shape index (κ3) is 2.78. The molecule has 96 valence electrons. The summed E-state index contributed by atoms with van der Waals surface area (Å²) < 4.78 is 0. The maximum absolute atomic E-state index is 6.07. The number of hydrogen-bond donors (Lipinski definition) is 1. The monoisotopic (exact) mass is 226 g/mol. The van der Waals surface area contributed by atoms with Gasteiger partial charge in [0.2, 0.25) is 0 Å². The third-order valence-electron chi connectivity index (χ3n) is 4.66. The number of nitrogens with two attached hydrogens (primary N) is 1. The van der Waals surface area contributed by atoms with Crippen molar-refractivity contribution in [1.82, 2.24) is 4.90 Å². The fraction of sp³-hybridized carbons (Fsp3) is 1.00. The molecule has 2 N–H and O–H groups in total. The van der Waals surface area contributed by atoms with E-state index in [0.29, 0.717) is 0 Å². The Labute approximate surface area is 102 Å². The highest BCUT2D eigenvalue weighted by atomic mass is 15.2. The summed E-state index contributed by atoms with van der Waals surface area (Å²) in [5, 5.41) is 0. The Hall–Kier alpha value is -0.0800. The third-order valence-corrected chi connectivity index (χ3v) is 4.66. The van der Waals surface area contributed by atoms with Crippen LogP contribution in [-0.4, -0.2) is 29.6 Å². The van der Waals surface area contributed by atoms with E-state index in [0.717, 1.165) is 19.1 Å². The van der Waals surface area contributed by atoms with Gasteiger partial charge >= 0.3 is 0 Å². The van der Waals surface area contributed by atoms with Crippen LogP contribution in [0.25, 0.3) is 0 Å². The molecule has 1 aliphatic carbocycles. The number of likely N-dealkylation sites (N-methyl/N-ethyl adjacent to an activating group) is 1. The van der Waals surface area contributed by atoms with Crippen LogP contribution in [0.1, 0.15) is 65.7 Å². The van der Waals surface area contributed by atoms with Crippen LogP contribution in [0.3, 0.4) is 0 Å². The van der Waals surface area contributed by atoms with Gasteiger partial charge in [-0.3, -0.25) is 4.90 Å². The highest BCUT2D eigenvalue weighted by Crippen LogP contribution is 2.31. The van der Waals surface area contributed by atoms with Crippen LogP contribution in [-0.2, 0) is 0 Å². The van der Waals surface area contributed by atoms with E-state index in [2.05, 4.69) is 25.7 Å². The molecule has 0 unspecified atom stereocenters. The van der Waals surface area contributed by atoms with Crippen LogP contribution in [0.5, 0.6) is 0 Å². The lowest BCUT2D eigenvalue weighted by molar-refractivity contribution is 0.0290. The summed E-state index contributed by atoms with van der Waals surface area (Å²) in [6.45, 7) is 8.85. The zero-order chi connectivity index (χ0) is 12.0. The maximum Gasteiger partial charge on any atom is 0.0329 e. The van der Waals surface area contributed by atoms with E-state index in [4.69, 9.17) is 5.73 Å². The first-order valence-electron chi connectivity index (χ1n) is 7.20. The van der Waals surface area contributed by atoms with Gasteiger partial charge in [-0.25, -0.2) is 0 Å². The summed E-state index contributed by atoms with van der Waals surface area (Å²) >= 11 is 0. The van der Waals surface area contributed by atoms with Crippen LogP contribution in [0, 0.1) is 0 Å². The van der Waals surface area contributed by atoms with Gasteiger partial charge in [0.1, 0.15) is 0 Å². The first kappa shape index (κ1) is 14.0. The highest BCUT2D eigenvalue weighted by molar-refractivity contribution is 4.93. The second kappa shape index (κ2) is 6.61.